The van der Waals surface area contributed by atoms with Crippen molar-refractivity contribution in [1.82, 2.24) is 0 Å². The third-order valence-electron chi connectivity index (χ3n) is 5.65. The van der Waals surface area contributed by atoms with E-state index in [1.54, 1.807) is 0 Å². The monoisotopic (exact) mass is 237 g/mol. The SMILES string of the molecule is CCOCCC(N)C12CC3CC(CC(C3)C1)C2. The van der Waals surface area contributed by atoms with E-state index < -0.39 is 0 Å². The molecule has 4 rings (SSSR count). The van der Waals surface area contributed by atoms with Crippen LogP contribution in [0.5, 0.6) is 0 Å². The molecule has 98 valence electrons. The fourth-order valence-corrected chi connectivity index (χ4v) is 5.29. The predicted octanol–water partition coefficient (Wildman–Crippen LogP) is 2.96. The lowest BCUT2D eigenvalue weighted by atomic mass is 9.47. The van der Waals surface area contributed by atoms with Crippen LogP contribution in [0.2, 0.25) is 0 Å². The fraction of sp³-hybridized carbons (Fsp3) is 1.00. The third kappa shape index (κ3) is 2.15. The summed E-state index contributed by atoms with van der Waals surface area (Å²) in [5.74, 6) is 3.04. The number of rotatable bonds is 5. The molecule has 17 heavy (non-hydrogen) atoms. The zero-order chi connectivity index (χ0) is 11.9. The highest BCUT2D eigenvalue weighted by atomic mass is 16.5. The molecule has 0 aliphatic heterocycles. The van der Waals surface area contributed by atoms with E-state index in [2.05, 4.69) is 6.92 Å². The van der Waals surface area contributed by atoms with Gasteiger partial charge >= 0.3 is 0 Å². The molecule has 4 saturated carbocycles. The zero-order valence-electron chi connectivity index (χ0n) is 11.2. The summed E-state index contributed by atoms with van der Waals surface area (Å²) in [5, 5.41) is 0. The van der Waals surface area contributed by atoms with Crippen LogP contribution in [0.25, 0.3) is 0 Å². The average Bonchev–Trinajstić information content (AvgIpc) is 2.27. The van der Waals surface area contributed by atoms with Gasteiger partial charge in [-0.25, -0.2) is 0 Å². The van der Waals surface area contributed by atoms with E-state index >= 15 is 0 Å². The van der Waals surface area contributed by atoms with E-state index in [9.17, 15) is 0 Å². The number of hydrogen-bond donors (Lipinski definition) is 1. The molecule has 0 aromatic heterocycles. The van der Waals surface area contributed by atoms with Crippen LogP contribution in [0.3, 0.4) is 0 Å². The van der Waals surface area contributed by atoms with Gasteiger partial charge in [-0.3, -0.25) is 0 Å². The molecule has 0 amide bonds. The predicted molar refractivity (Wildman–Crippen MR) is 69.7 cm³/mol. The van der Waals surface area contributed by atoms with Gasteiger partial charge < -0.3 is 10.5 Å². The summed E-state index contributed by atoms with van der Waals surface area (Å²) in [4.78, 5) is 0. The molecule has 0 radical (unpaired) electrons. The van der Waals surface area contributed by atoms with Gasteiger partial charge in [0.05, 0.1) is 0 Å². The maximum atomic E-state index is 6.53. The van der Waals surface area contributed by atoms with E-state index in [-0.39, 0.29) is 0 Å². The Hall–Kier alpha value is -0.0800. The third-order valence-corrected chi connectivity index (χ3v) is 5.65. The van der Waals surface area contributed by atoms with Crippen molar-refractivity contribution in [3.63, 3.8) is 0 Å². The van der Waals surface area contributed by atoms with Crippen LogP contribution in [-0.2, 0) is 4.74 Å². The van der Waals surface area contributed by atoms with Crippen molar-refractivity contribution in [2.75, 3.05) is 13.2 Å². The van der Waals surface area contributed by atoms with Gasteiger partial charge in [0.15, 0.2) is 0 Å². The minimum atomic E-state index is 0.391. The first-order valence-electron chi connectivity index (χ1n) is 7.55. The second-order valence-corrected chi connectivity index (χ2v) is 6.87. The highest BCUT2D eigenvalue weighted by Gasteiger charge is 2.53. The normalized spacial score (nSPS) is 45.2. The molecule has 0 aromatic carbocycles. The molecule has 4 bridgehead atoms. The van der Waals surface area contributed by atoms with Crippen molar-refractivity contribution in [2.45, 2.75) is 57.9 Å². The van der Waals surface area contributed by atoms with Crippen molar-refractivity contribution >= 4 is 0 Å². The van der Waals surface area contributed by atoms with Crippen LogP contribution < -0.4 is 5.73 Å². The van der Waals surface area contributed by atoms with Crippen LogP contribution in [0, 0.1) is 23.2 Å². The molecule has 0 spiro atoms. The molecular weight excluding hydrogens is 210 g/mol. The van der Waals surface area contributed by atoms with Gasteiger partial charge in [-0.2, -0.15) is 0 Å². The van der Waals surface area contributed by atoms with Crippen LogP contribution >= 0.6 is 0 Å². The molecule has 2 heteroatoms. The Morgan fingerprint density at radius 3 is 2.12 bits per heavy atom. The quantitative estimate of drug-likeness (QED) is 0.746. The van der Waals surface area contributed by atoms with Crippen LogP contribution in [0.15, 0.2) is 0 Å². The van der Waals surface area contributed by atoms with Gasteiger partial charge in [0, 0.05) is 19.3 Å². The number of nitrogens with two attached hydrogens (primary N) is 1. The standard InChI is InChI=1S/C15H27NO/c1-2-17-4-3-14(16)15-8-11-5-12(9-15)7-13(6-11)10-15/h11-14H,2-10,16H2,1H3. The molecule has 4 aliphatic carbocycles. The van der Waals surface area contributed by atoms with E-state index in [0.29, 0.717) is 11.5 Å². The summed E-state index contributed by atoms with van der Waals surface area (Å²) < 4.78 is 5.49. The lowest BCUT2D eigenvalue weighted by Crippen LogP contribution is -2.54. The van der Waals surface area contributed by atoms with Crippen LogP contribution in [-0.4, -0.2) is 19.3 Å². The molecule has 0 heterocycles. The first-order valence-corrected chi connectivity index (χ1v) is 7.55. The first-order chi connectivity index (χ1) is 8.22. The Kier molecular flexibility index (Phi) is 3.20. The fourth-order valence-electron chi connectivity index (χ4n) is 5.29. The van der Waals surface area contributed by atoms with Gasteiger partial charge in [-0.1, -0.05) is 0 Å². The van der Waals surface area contributed by atoms with Gasteiger partial charge in [0.1, 0.15) is 0 Å². The van der Waals surface area contributed by atoms with E-state index in [0.717, 1.165) is 37.4 Å². The largest absolute Gasteiger partial charge is 0.382 e. The summed E-state index contributed by atoms with van der Waals surface area (Å²) in [7, 11) is 0. The van der Waals surface area contributed by atoms with Crippen LogP contribution in [0.4, 0.5) is 0 Å². The molecule has 1 unspecified atom stereocenters. The number of ether oxygens (including phenoxy) is 1. The van der Waals surface area contributed by atoms with Crippen LogP contribution in [0.1, 0.15) is 51.9 Å². The van der Waals surface area contributed by atoms with Crippen molar-refractivity contribution in [3.05, 3.63) is 0 Å². The van der Waals surface area contributed by atoms with E-state index in [1.807, 2.05) is 0 Å². The Balaban J connectivity index is 1.64. The van der Waals surface area contributed by atoms with Gasteiger partial charge in [0.25, 0.3) is 0 Å². The average molecular weight is 237 g/mol. The summed E-state index contributed by atoms with van der Waals surface area (Å²) in [5.41, 5.74) is 7.04. The summed E-state index contributed by atoms with van der Waals surface area (Å²) in [6.07, 6.45) is 9.87. The second-order valence-electron chi connectivity index (χ2n) is 6.87. The summed E-state index contributed by atoms with van der Waals surface area (Å²) >= 11 is 0. The summed E-state index contributed by atoms with van der Waals surface area (Å²) in [6.45, 7) is 3.75. The maximum Gasteiger partial charge on any atom is 0.0480 e. The molecular formula is C15H27NO. The van der Waals surface area contributed by atoms with Gasteiger partial charge in [0.2, 0.25) is 0 Å². The van der Waals surface area contributed by atoms with E-state index in [1.165, 1.54) is 38.5 Å². The molecule has 0 aromatic rings. The molecule has 4 aliphatic rings. The van der Waals surface area contributed by atoms with E-state index in [4.69, 9.17) is 10.5 Å². The molecule has 0 saturated heterocycles. The first kappa shape index (κ1) is 12.0. The highest BCUT2D eigenvalue weighted by Crippen LogP contribution is 2.61. The lowest BCUT2D eigenvalue weighted by Gasteiger charge is -2.59. The Labute approximate surface area is 105 Å². The van der Waals surface area contributed by atoms with Gasteiger partial charge in [-0.15, -0.1) is 0 Å². The Morgan fingerprint density at radius 1 is 1.12 bits per heavy atom. The topological polar surface area (TPSA) is 35.2 Å². The Morgan fingerprint density at radius 2 is 1.65 bits per heavy atom. The Bertz CT molecular complexity index is 241. The lowest BCUT2D eigenvalue weighted by molar-refractivity contribution is -0.0712. The van der Waals surface area contributed by atoms with Crippen molar-refractivity contribution in [2.24, 2.45) is 28.9 Å². The minimum absolute atomic E-state index is 0.391. The maximum absolute atomic E-state index is 6.53. The molecule has 4 fully saturated rings. The van der Waals surface area contributed by atoms with Gasteiger partial charge in [-0.05, 0) is 75.0 Å². The summed E-state index contributed by atoms with van der Waals surface area (Å²) in [6, 6.07) is 0.391. The van der Waals surface area contributed by atoms with Crippen molar-refractivity contribution in [1.29, 1.82) is 0 Å². The minimum Gasteiger partial charge on any atom is -0.382 e. The second kappa shape index (κ2) is 4.55. The zero-order valence-corrected chi connectivity index (χ0v) is 11.2. The van der Waals surface area contributed by atoms with Crippen molar-refractivity contribution in [3.8, 4) is 0 Å². The van der Waals surface area contributed by atoms with Crippen molar-refractivity contribution < 1.29 is 4.74 Å². The highest BCUT2D eigenvalue weighted by molar-refractivity contribution is 5.05. The number of hydrogen-bond acceptors (Lipinski definition) is 2. The molecule has 1 atom stereocenters. The smallest absolute Gasteiger partial charge is 0.0480 e. The molecule has 2 nitrogen and oxygen atoms in total. The molecule has 2 N–H and O–H groups in total.